The molecule has 1 heterocycles. The zero-order valence-electron chi connectivity index (χ0n) is 10.6. The van der Waals surface area contributed by atoms with Crippen LogP contribution in [0.25, 0.3) is 0 Å². The van der Waals surface area contributed by atoms with Crippen LogP contribution in [0.3, 0.4) is 0 Å². The van der Waals surface area contributed by atoms with E-state index in [4.69, 9.17) is 0 Å². The molecule has 0 saturated carbocycles. The zero-order valence-corrected chi connectivity index (χ0v) is 10.6. The number of nitrogens with zero attached hydrogens (tertiary/aromatic N) is 2. The van der Waals surface area contributed by atoms with Gasteiger partial charge in [-0.2, -0.15) is 5.10 Å². The van der Waals surface area contributed by atoms with Crippen molar-refractivity contribution in [2.75, 3.05) is 0 Å². The molecule has 3 heteroatoms. The van der Waals surface area contributed by atoms with Gasteiger partial charge in [-0.3, -0.25) is 4.68 Å². The van der Waals surface area contributed by atoms with Crippen molar-refractivity contribution < 1.29 is 5.11 Å². The average molecular weight is 242 g/mol. The molecule has 0 aliphatic heterocycles. The molecule has 2 atom stereocenters. The van der Waals surface area contributed by atoms with Crippen LogP contribution in [0, 0.1) is 0 Å². The molecule has 2 unspecified atom stereocenters. The third kappa shape index (κ3) is 2.06. The Kier molecular flexibility index (Phi) is 2.92. The molecular formula is C15H18N2O. The van der Waals surface area contributed by atoms with Crippen molar-refractivity contribution in [3.63, 3.8) is 0 Å². The molecule has 1 aliphatic carbocycles. The summed E-state index contributed by atoms with van der Waals surface area (Å²) in [4.78, 5) is 0. The number of aromatic nitrogens is 2. The fraction of sp³-hybridized carbons (Fsp3) is 0.400. The highest BCUT2D eigenvalue weighted by atomic mass is 16.3. The normalized spacial score (nSPS) is 19.1. The smallest absolute Gasteiger partial charge is 0.0615 e. The third-order valence-electron chi connectivity index (χ3n) is 3.85. The Morgan fingerprint density at radius 1 is 1.44 bits per heavy atom. The lowest BCUT2D eigenvalue weighted by molar-refractivity contribution is 0.124. The first-order valence-corrected chi connectivity index (χ1v) is 6.47. The van der Waals surface area contributed by atoms with Crippen LogP contribution >= 0.6 is 0 Å². The first kappa shape index (κ1) is 11.5. The summed E-state index contributed by atoms with van der Waals surface area (Å²) in [7, 11) is 1.92. The maximum Gasteiger partial charge on any atom is 0.0615 e. The van der Waals surface area contributed by atoms with Gasteiger partial charge in [-0.15, -0.1) is 0 Å². The molecule has 1 aromatic carbocycles. The highest BCUT2D eigenvalue weighted by Crippen LogP contribution is 2.38. The number of benzene rings is 1. The lowest BCUT2D eigenvalue weighted by Gasteiger charge is -2.33. The van der Waals surface area contributed by atoms with Crippen LogP contribution in [0.1, 0.15) is 29.0 Å². The van der Waals surface area contributed by atoms with Gasteiger partial charge in [-0.25, -0.2) is 0 Å². The fourth-order valence-electron chi connectivity index (χ4n) is 2.76. The van der Waals surface area contributed by atoms with Gasteiger partial charge in [0.05, 0.1) is 12.3 Å². The summed E-state index contributed by atoms with van der Waals surface area (Å²) in [6, 6.07) is 8.41. The highest BCUT2D eigenvalue weighted by molar-refractivity contribution is 5.40. The van der Waals surface area contributed by atoms with E-state index < -0.39 is 0 Å². The van der Waals surface area contributed by atoms with E-state index in [1.165, 1.54) is 16.7 Å². The molecule has 0 fully saturated rings. The summed E-state index contributed by atoms with van der Waals surface area (Å²) in [5.41, 5.74) is 3.92. The number of fused-ring (bicyclic) bond motifs is 1. The Labute approximate surface area is 107 Å². The third-order valence-corrected chi connectivity index (χ3v) is 3.85. The summed E-state index contributed by atoms with van der Waals surface area (Å²) >= 11 is 0. The number of hydrogen-bond acceptors (Lipinski definition) is 2. The van der Waals surface area contributed by atoms with Crippen LogP contribution in [0.4, 0.5) is 0 Å². The van der Waals surface area contributed by atoms with E-state index in [2.05, 4.69) is 29.4 Å². The molecule has 3 rings (SSSR count). The Balaban J connectivity index is 1.59. The average Bonchev–Trinajstić information content (AvgIpc) is 2.74. The second kappa shape index (κ2) is 4.58. The van der Waals surface area contributed by atoms with Crippen LogP contribution in [-0.2, 0) is 19.9 Å². The van der Waals surface area contributed by atoms with E-state index in [0.29, 0.717) is 5.92 Å². The molecule has 1 aliphatic rings. The molecule has 18 heavy (non-hydrogen) atoms. The zero-order chi connectivity index (χ0) is 12.5. The number of aryl methyl sites for hydroxylation is 2. The SMILES string of the molecule is Cn1cc(CCC(O)C2Cc3ccccc32)cn1. The first-order chi connectivity index (χ1) is 8.74. The van der Waals surface area contributed by atoms with Crippen LogP contribution in [0.2, 0.25) is 0 Å². The molecule has 3 nitrogen and oxygen atoms in total. The van der Waals surface area contributed by atoms with Crippen LogP contribution < -0.4 is 0 Å². The van der Waals surface area contributed by atoms with Crippen molar-refractivity contribution in [2.24, 2.45) is 7.05 Å². The molecule has 94 valence electrons. The summed E-state index contributed by atoms with van der Waals surface area (Å²) in [6.45, 7) is 0. The Morgan fingerprint density at radius 2 is 2.28 bits per heavy atom. The largest absolute Gasteiger partial charge is 0.392 e. The van der Waals surface area contributed by atoms with E-state index in [9.17, 15) is 5.11 Å². The molecule has 0 radical (unpaired) electrons. The van der Waals surface area contributed by atoms with Crippen LogP contribution in [0.5, 0.6) is 0 Å². The van der Waals surface area contributed by atoms with E-state index in [-0.39, 0.29) is 6.10 Å². The summed E-state index contributed by atoms with van der Waals surface area (Å²) < 4.78 is 1.81. The van der Waals surface area contributed by atoms with Gasteiger partial charge in [-0.05, 0) is 36.0 Å². The van der Waals surface area contributed by atoms with Gasteiger partial charge in [0.25, 0.3) is 0 Å². The molecule has 2 aromatic rings. The Bertz CT molecular complexity index is 547. The molecule has 0 spiro atoms. The van der Waals surface area contributed by atoms with Crippen molar-refractivity contribution >= 4 is 0 Å². The number of aliphatic hydroxyl groups excluding tert-OH is 1. The molecule has 0 bridgehead atoms. The quantitative estimate of drug-likeness (QED) is 0.891. The molecule has 0 saturated heterocycles. The second-order valence-electron chi connectivity index (χ2n) is 5.14. The summed E-state index contributed by atoms with van der Waals surface area (Å²) in [5, 5.41) is 14.4. The van der Waals surface area contributed by atoms with Gasteiger partial charge in [-0.1, -0.05) is 24.3 Å². The van der Waals surface area contributed by atoms with Crippen molar-refractivity contribution in [3.05, 3.63) is 53.3 Å². The maximum atomic E-state index is 10.3. The molecule has 0 amide bonds. The predicted octanol–water partition coefficient (Wildman–Crippen LogP) is 2.05. The lowest BCUT2D eigenvalue weighted by atomic mass is 9.73. The van der Waals surface area contributed by atoms with Gasteiger partial charge < -0.3 is 5.11 Å². The van der Waals surface area contributed by atoms with Gasteiger partial charge in [0, 0.05) is 19.2 Å². The van der Waals surface area contributed by atoms with E-state index in [1.54, 1.807) is 4.68 Å². The Hall–Kier alpha value is -1.61. The van der Waals surface area contributed by atoms with Gasteiger partial charge >= 0.3 is 0 Å². The van der Waals surface area contributed by atoms with E-state index in [0.717, 1.165) is 19.3 Å². The summed E-state index contributed by atoms with van der Waals surface area (Å²) in [5.74, 6) is 0.331. The number of hydrogen-bond donors (Lipinski definition) is 1. The van der Waals surface area contributed by atoms with Crippen molar-refractivity contribution in [1.29, 1.82) is 0 Å². The minimum Gasteiger partial charge on any atom is -0.392 e. The fourth-order valence-corrected chi connectivity index (χ4v) is 2.76. The standard InChI is InChI=1S/C15H18N2O/c1-17-10-11(9-16-17)6-7-15(18)14-8-12-4-2-3-5-13(12)14/h2-5,9-10,14-15,18H,6-8H2,1H3. The summed E-state index contributed by atoms with van der Waals surface area (Å²) in [6.07, 6.45) is 6.38. The van der Waals surface area contributed by atoms with Gasteiger partial charge in [0.2, 0.25) is 0 Å². The first-order valence-electron chi connectivity index (χ1n) is 6.47. The van der Waals surface area contributed by atoms with Gasteiger partial charge in [0.1, 0.15) is 0 Å². The number of rotatable bonds is 4. The van der Waals surface area contributed by atoms with E-state index >= 15 is 0 Å². The highest BCUT2D eigenvalue weighted by Gasteiger charge is 2.31. The van der Waals surface area contributed by atoms with Crippen molar-refractivity contribution in [1.82, 2.24) is 9.78 Å². The van der Waals surface area contributed by atoms with Crippen molar-refractivity contribution in [3.8, 4) is 0 Å². The van der Waals surface area contributed by atoms with Crippen LogP contribution in [-0.4, -0.2) is 21.0 Å². The minimum absolute atomic E-state index is 0.236. The maximum absolute atomic E-state index is 10.3. The van der Waals surface area contributed by atoms with Crippen LogP contribution in [0.15, 0.2) is 36.7 Å². The lowest BCUT2D eigenvalue weighted by Crippen LogP contribution is -2.29. The molecular weight excluding hydrogens is 224 g/mol. The van der Waals surface area contributed by atoms with E-state index in [1.807, 2.05) is 19.4 Å². The Morgan fingerprint density at radius 3 is 3.00 bits per heavy atom. The predicted molar refractivity (Wildman–Crippen MR) is 70.4 cm³/mol. The monoisotopic (exact) mass is 242 g/mol. The molecule has 1 aromatic heterocycles. The topological polar surface area (TPSA) is 38.0 Å². The van der Waals surface area contributed by atoms with Gasteiger partial charge in [0.15, 0.2) is 0 Å². The number of aliphatic hydroxyl groups is 1. The molecule has 1 N–H and O–H groups in total. The van der Waals surface area contributed by atoms with Crippen molar-refractivity contribution in [2.45, 2.75) is 31.3 Å². The second-order valence-corrected chi connectivity index (χ2v) is 5.14. The minimum atomic E-state index is -0.236.